The normalized spacial score (nSPS) is 14.9. The van der Waals surface area contributed by atoms with Crippen molar-refractivity contribution in [3.8, 4) is 22.5 Å². The van der Waals surface area contributed by atoms with Gasteiger partial charge >= 0.3 is 0 Å². The van der Waals surface area contributed by atoms with Crippen molar-refractivity contribution >= 4 is 11.0 Å². The van der Waals surface area contributed by atoms with Crippen molar-refractivity contribution < 1.29 is 4.42 Å². The van der Waals surface area contributed by atoms with Gasteiger partial charge in [-0.2, -0.15) is 0 Å². The van der Waals surface area contributed by atoms with Crippen LogP contribution < -0.4 is 5.43 Å². The summed E-state index contributed by atoms with van der Waals surface area (Å²) in [6, 6.07) is 26.0. The lowest BCUT2D eigenvalue weighted by Gasteiger charge is -2.22. The fourth-order valence-corrected chi connectivity index (χ4v) is 4.55. The minimum absolute atomic E-state index is 0.0180. The highest BCUT2D eigenvalue weighted by molar-refractivity contribution is 5.89. The topological polar surface area (TPSA) is 30.2 Å². The highest BCUT2D eigenvalue weighted by Gasteiger charge is 2.19. The molecule has 0 spiro atoms. The maximum atomic E-state index is 13.4. The Morgan fingerprint density at radius 3 is 2.14 bits per heavy atom. The fraction of sp³-hybridized carbons (Fsp3) is 0.222. The first-order valence-electron chi connectivity index (χ1n) is 10.5. The fourth-order valence-electron chi connectivity index (χ4n) is 4.55. The molecule has 1 aromatic heterocycles. The van der Waals surface area contributed by atoms with Crippen LogP contribution in [-0.2, 0) is 0 Å². The van der Waals surface area contributed by atoms with Gasteiger partial charge in [-0.25, -0.2) is 0 Å². The van der Waals surface area contributed by atoms with Crippen LogP contribution in [0.3, 0.4) is 0 Å². The molecule has 1 heterocycles. The van der Waals surface area contributed by atoms with Crippen LogP contribution >= 0.6 is 0 Å². The number of fused-ring (bicyclic) bond motifs is 1. The van der Waals surface area contributed by atoms with Crippen molar-refractivity contribution in [2.45, 2.75) is 38.0 Å². The third-order valence-electron chi connectivity index (χ3n) is 6.11. The molecule has 3 aromatic carbocycles. The molecule has 0 unspecified atom stereocenters. The second-order valence-corrected chi connectivity index (χ2v) is 7.95. The van der Waals surface area contributed by atoms with Gasteiger partial charge in [-0.3, -0.25) is 4.79 Å². The molecule has 2 heteroatoms. The van der Waals surface area contributed by atoms with Gasteiger partial charge in [0.15, 0.2) is 0 Å². The van der Waals surface area contributed by atoms with Gasteiger partial charge in [-0.05, 0) is 42.0 Å². The molecular formula is C27H24O2. The predicted octanol–water partition coefficient (Wildman–Crippen LogP) is 7.17. The average molecular weight is 380 g/mol. The van der Waals surface area contributed by atoms with E-state index in [0.717, 1.165) is 11.1 Å². The molecule has 0 radical (unpaired) electrons. The van der Waals surface area contributed by atoms with Gasteiger partial charge in [0.25, 0.3) is 0 Å². The zero-order chi connectivity index (χ0) is 19.6. The highest BCUT2D eigenvalue weighted by atomic mass is 16.3. The maximum absolute atomic E-state index is 13.4. The lowest BCUT2D eigenvalue weighted by Crippen LogP contribution is -2.07. The molecule has 1 fully saturated rings. The molecule has 29 heavy (non-hydrogen) atoms. The zero-order valence-corrected chi connectivity index (χ0v) is 16.4. The van der Waals surface area contributed by atoms with Crippen molar-refractivity contribution in [2.24, 2.45) is 0 Å². The van der Waals surface area contributed by atoms with Crippen LogP contribution in [0, 0.1) is 0 Å². The summed E-state index contributed by atoms with van der Waals surface area (Å²) < 4.78 is 6.30. The van der Waals surface area contributed by atoms with Gasteiger partial charge < -0.3 is 4.42 Å². The van der Waals surface area contributed by atoms with Crippen LogP contribution in [0.1, 0.15) is 43.6 Å². The van der Waals surface area contributed by atoms with Crippen LogP contribution in [-0.4, -0.2) is 0 Å². The minimum atomic E-state index is 0.0180. The van der Waals surface area contributed by atoms with Crippen LogP contribution in [0.25, 0.3) is 33.4 Å². The first kappa shape index (κ1) is 17.9. The summed E-state index contributed by atoms with van der Waals surface area (Å²) >= 11 is 0. The summed E-state index contributed by atoms with van der Waals surface area (Å²) in [5, 5.41) is 0.619. The quantitative estimate of drug-likeness (QED) is 0.377. The molecule has 1 aliphatic rings. The summed E-state index contributed by atoms with van der Waals surface area (Å²) in [5.74, 6) is 1.31. The van der Waals surface area contributed by atoms with E-state index in [9.17, 15) is 4.79 Å². The van der Waals surface area contributed by atoms with Crippen LogP contribution in [0.5, 0.6) is 0 Å². The molecule has 144 valence electrons. The standard InChI is InChI=1S/C27H24O2/c28-26-23-13-7-8-14-24(23)29-27(25(26)21-11-5-2-6-12-21)22-17-15-20(16-18-22)19-9-3-1-4-10-19/h2,5-8,11-19H,1,3-4,9-10H2. The van der Waals surface area contributed by atoms with Crippen molar-refractivity contribution in [2.75, 3.05) is 0 Å². The third-order valence-corrected chi connectivity index (χ3v) is 6.11. The SMILES string of the molecule is O=c1c(-c2ccccc2)c(-c2ccc(C3CCCCC3)cc2)oc2ccccc12. The van der Waals surface area contributed by atoms with Crippen LogP contribution in [0.2, 0.25) is 0 Å². The van der Waals surface area contributed by atoms with E-state index in [0.29, 0.717) is 28.2 Å². The monoisotopic (exact) mass is 380 g/mol. The van der Waals surface area contributed by atoms with E-state index in [1.54, 1.807) is 0 Å². The number of hydrogen-bond acceptors (Lipinski definition) is 2. The van der Waals surface area contributed by atoms with Gasteiger partial charge in [0.1, 0.15) is 11.3 Å². The molecule has 1 aliphatic carbocycles. The molecule has 0 aliphatic heterocycles. The van der Waals surface area contributed by atoms with E-state index in [1.807, 2.05) is 54.6 Å². The number of hydrogen-bond donors (Lipinski definition) is 0. The summed E-state index contributed by atoms with van der Waals surface area (Å²) in [7, 11) is 0. The summed E-state index contributed by atoms with van der Waals surface area (Å²) in [4.78, 5) is 13.4. The Labute approximate surface area is 170 Å². The van der Waals surface area contributed by atoms with Gasteiger partial charge in [0.2, 0.25) is 5.43 Å². The van der Waals surface area contributed by atoms with E-state index in [1.165, 1.54) is 37.7 Å². The lowest BCUT2D eigenvalue weighted by molar-refractivity contribution is 0.443. The molecule has 0 bridgehead atoms. The van der Waals surface area contributed by atoms with Crippen LogP contribution in [0.15, 0.2) is 88.1 Å². The highest BCUT2D eigenvalue weighted by Crippen LogP contribution is 2.36. The van der Waals surface area contributed by atoms with E-state index in [-0.39, 0.29) is 5.43 Å². The lowest BCUT2D eigenvalue weighted by atomic mass is 9.84. The second kappa shape index (κ2) is 7.71. The van der Waals surface area contributed by atoms with Gasteiger partial charge in [0.05, 0.1) is 10.9 Å². The molecule has 4 aromatic rings. The molecule has 1 saturated carbocycles. The van der Waals surface area contributed by atoms with Crippen molar-refractivity contribution in [1.82, 2.24) is 0 Å². The van der Waals surface area contributed by atoms with E-state index in [2.05, 4.69) is 24.3 Å². The first-order valence-corrected chi connectivity index (χ1v) is 10.5. The summed E-state index contributed by atoms with van der Waals surface area (Å²) in [5.41, 5.74) is 4.52. The molecule has 2 nitrogen and oxygen atoms in total. The Balaban J connectivity index is 1.66. The number of para-hydroxylation sites is 1. The molecular weight excluding hydrogens is 356 g/mol. The van der Waals surface area contributed by atoms with Gasteiger partial charge in [-0.15, -0.1) is 0 Å². The van der Waals surface area contributed by atoms with Gasteiger partial charge in [0, 0.05) is 5.56 Å². The second-order valence-electron chi connectivity index (χ2n) is 7.95. The number of rotatable bonds is 3. The predicted molar refractivity (Wildman–Crippen MR) is 119 cm³/mol. The molecule has 0 saturated heterocycles. The van der Waals surface area contributed by atoms with E-state index >= 15 is 0 Å². The van der Waals surface area contributed by atoms with E-state index < -0.39 is 0 Å². The van der Waals surface area contributed by atoms with Crippen molar-refractivity contribution in [3.05, 3.63) is 94.6 Å². The molecule has 0 amide bonds. The largest absolute Gasteiger partial charge is 0.455 e. The third kappa shape index (κ3) is 3.40. The minimum Gasteiger partial charge on any atom is -0.455 e. The Hall–Kier alpha value is -3.13. The smallest absolute Gasteiger partial charge is 0.201 e. The van der Waals surface area contributed by atoms with E-state index in [4.69, 9.17) is 4.42 Å². The molecule has 0 atom stereocenters. The zero-order valence-electron chi connectivity index (χ0n) is 16.4. The first-order chi connectivity index (χ1) is 14.3. The number of benzene rings is 3. The van der Waals surface area contributed by atoms with Crippen molar-refractivity contribution in [1.29, 1.82) is 0 Å². The van der Waals surface area contributed by atoms with Gasteiger partial charge in [-0.1, -0.05) is 86.0 Å². The van der Waals surface area contributed by atoms with Crippen LogP contribution in [0.4, 0.5) is 0 Å². The molecule has 5 rings (SSSR count). The molecule has 0 N–H and O–H groups in total. The maximum Gasteiger partial charge on any atom is 0.201 e. The average Bonchev–Trinajstić information content (AvgIpc) is 2.80. The van der Waals surface area contributed by atoms with Crippen molar-refractivity contribution in [3.63, 3.8) is 0 Å². The Morgan fingerprint density at radius 2 is 1.38 bits per heavy atom. The summed E-state index contributed by atoms with van der Waals surface area (Å²) in [6.07, 6.45) is 6.56. The Kier molecular flexibility index (Phi) is 4.77. The Bertz CT molecular complexity index is 1180. The Morgan fingerprint density at radius 1 is 0.690 bits per heavy atom. The summed E-state index contributed by atoms with van der Waals surface area (Å²) in [6.45, 7) is 0.